The number of carboxylic acids is 1. The molecule has 4 N–H and O–H groups in total. The molecule has 11 nitrogen and oxygen atoms in total. The van der Waals surface area contributed by atoms with Gasteiger partial charge in [0.15, 0.2) is 23.1 Å². The Morgan fingerprint density at radius 2 is 1.59 bits per heavy atom. The van der Waals surface area contributed by atoms with Crippen molar-refractivity contribution in [2.75, 3.05) is 6.61 Å². The average molecular weight is 723 g/mol. The highest BCUT2D eigenvalue weighted by Crippen LogP contribution is 2.56. The van der Waals surface area contributed by atoms with Crippen LogP contribution in [0.25, 0.3) is 0 Å². The van der Waals surface area contributed by atoms with Crippen LogP contribution in [0.15, 0.2) is 11.6 Å². The number of hydrogen-bond donors (Lipinski definition) is 4. The van der Waals surface area contributed by atoms with Crippen LogP contribution in [-0.4, -0.2) is 92.3 Å². The smallest absolute Gasteiger partial charge is 0.306 e. The Morgan fingerprint density at radius 3 is 2.24 bits per heavy atom. The first-order valence-corrected chi connectivity index (χ1v) is 19.6. The molecule has 0 aromatic rings. The van der Waals surface area contributed by atoms with Crippen molar-refractivity contribution in [3.05, 3.63) is 11.6 Å². The van der Waals surface area contributed by atoms with Crippen molar-refractivity contribution >= 4 is 11.8 Å². The van der Waals surface area contributed by atoms with Crippen LogP contribution < -0.4 is 0 Å². The first kappa shape index (κ1) is 40.7. The van der Waals surface area contributed by atoms with Gasteiger partial charge in [-0.3, -0.25) is 9.59 Å². The standard InChI is InChI=1S/C40H66O11/c1-21(33(43)22(2)16-25(5)36(44)45)15-23(3)34-29(9)30(42)19-38(49-34)14-13-37(10,51-38)32-12-11-26(6)40(48-32)28(8)18-31(47-40)35-24(4)17-27(7)39(46,20-41)50-35/h15,22-32,34-35,41-42,46H,11-14,16-20H2,1-10H3,(H,44,45)/b21-15+/t22-,23+,24+,25+,26-,27-,28+,29-,30+,31-,32-,34+,35+,37+,38-,39+,40-/m1/s1. The van der Waals surface area contributed by atoms with E-state index in [0.717, 1.165) is 19.3 Å². The molecule has 0 unspecified atom stereocenters. The molecule has 2 spiro atoms. The molecule has 0 aliphatic carbocycles. The molecule has 51 heavy (non-hydrogen) atoms. The van der Waals surface area contributed by atoms with Crippen LogP contribution in [0.4, 0.5) is 0 Å². The molecule has 0 aromatic carbocycles. The van der Waals surface area contributed by atoms with Crippen molar-refractivity contribution in [3.63, 3.8) is 0 Å². The predicted octanol–water partition coefficient (Wildman–Crippen LogP) is 5.61. The summed E-state index contributed by atoms with van der Waals surface area (Å²) in [6, 6.07) is 0. The third kappa shape index (κ3) is 7.75. The van der Waals surface area contributed by atoms with Gasteiger partial charge in [-0.2, -0.15) is 0 Å². The molecule has 0 radical (unpaired) electrons. The number of rotatable bonds is 10. The van der Waals surface area contributed by atoms with E-state index in [9.17, 15) is 30.0 Å². The maximum atomic E-state index is 13.2. The number of hydrogen-bond acceptors (Lipinski definition) is 10. The van der Waals surface area contributed by atoms with Gasteiger partial charge in [0, 0.05) is 48.3 Å². The lowest BCUT2D eigenvalue weighted by molar-refractivity contribution is -0.373. The lowest BCUT2D eigenvalue weighted by Gasteiger charge is -2.51. The summed E-state index contributed by atoms with van der Waals surface area (Å²) in [6.45, 7) is 19.1. The number of aliphatic hydroxyl groups excluding tert-OH is 2. The normalized spacial score (nSPS) is 48.1. The molecule has 0 saturated carbocycles. The Labute approximate surface area is 304 Å². The zero-order valence-corrected chi connectivity index (χ0v) is 32.6. The molecule has 0 amide bonds. The monoisotopic (exact) mass is 722 g/mol. The van der Waals surface area contributed by atoms with E-state index in [1.807, 2.05) is 26.8 Å². The minimum absolute atomic E-state index is 0.0586. The molecular formula is C40H66O11. The van der Waals surface area contributed by atoms with E-state index >= 15 is 0 Å². The second-order valence-corrected chi connectivity index (χ2v) is 17.8. The Bertz CT molecular complexity index is 1300. The van der Waals surface area contributed by atoms with Gasteiger partial charge in [-0.15, -0.1) is 0 Å². The van der Waals surface area contributed by atoms with Crippen molar-refractivity contribution in [2.45, 2.75) is 174 Å². The number of ether oxygens (including phenoxy) is 5. The molecule has 17 atom stereocenters. The summed E-state index contributed by atoms with van der Waals surface area (Å²) in [5.74, 6) is -5.75. The van der Waals surface area contributed by atoms with E-state index in [1.165, 1.54) is 0 Å². The second-order valence-electron chi connectivity index (χ2n) is 17.8. The maximum Gasteiger partial charge on any atom is 0.306 e. The van der Waals surface area contributed by atoms with Crippen molar-refractivity contribution < 1.29 is 53.7 Å². The minimum Gasteiger partial charge on any atom is -0.481 e. The number of ketones is 1. The molecular weight excluding hydrogens is 656 g/mol. The van der Waals surface area contributed by atoms with Crippen LogP contribution in [0.5, 0.6) is 0 Å². The number of aliphatic hydroxyl groups is 3. The fourth-order valence-corrected chi connectivity index (χ4v) is 10.1. The maximum absolute atomic E-state index is 13.2. The van der Waals surface area contributed by atoms with E-state index in [4.69, 9.17) is 23.7 Å². The summed E-state index contributed by atoms with van der Waals surface area (Å²) in [7, 11) is 0. The zero-order valence-electron chi connectivity index (χ0n) is 32.6. The Morgan fingerprint density at radius 1 is 0.902 bits per heavy atom. The summed E-state index contributed by atoms with van der Waals surface area (Å²) >= 11 is 0. The Balaban J connectivity index is 1.29. The number of carbonyl (C=O) groups excluding carboxylic acids is 1. The SMILES string of the molecule is C/C(=C\[C@H](C)[C@@H]1O[C@@]2(CC[C@@](C)([C@H]3CC[C@@H](C)[C@@]4(O[C@@H]([C@H]5O[C@@](O)(CO)[C@H](C)C[C@@H]5C)C[C@@H]4C)O3)O2)C[C@H](O)[C@H]1C)C(=O)[C@H](C)C[C@H](C)C(=O)O. The van der Waals surface area contributed by atoms with Crippen molar-refractivity contribution in [3.8, 4) is 0 Å². The summed E-state index contributed by atoms with van der Waals surface area (Å²) in [5, 5.41) is 41.7. The zero-order chi connectivity index (χ0) is 37.8. The fraction of sp³-hybridized carbons (Fsp3) is 0.900. The molecule has 5 aliphatic heterocycles. The predicted molar refractivity (Wildman–Crippen MR) is 189 cm³/mol. The lowest BCUT2D eigenvalue weighted by Crippen LogP contribution is -2.59. The number of allylic oxidation sites excluding steroid dienone is 1. The Hall–Kier alpha value is -1.44. The highest BCUT2D eigenvalue weighted by Gasteiger charge is 2.63. The molecule has 292 valence electrons. The highest BCUT2D eigenvalue weighted by atomic mass is 16.8. The summed E-state index contributed by atoms with van der Waals surface area (Å²) in [5.41, 5.74) is -0.126. The third-order valence-corrected chi connectivity index (χ3v) is 13.6. The van der Waals surface area contributed by atoms with E-state index in [-0.39, 0.29) is 66.0 Å². The Kier molecular flexibility index (Phi) is 12.0. The van der Waals surface area contributed by atoms with Crippen LogP contribution in [0.1, 0.15) is 121 Å². The molecule has 0 aromatic heterocycles. The van der Waals surface area contributed by atoms with Gasteiger partial charge < -0.3 is 44.1 Å². The van der Waals surface area contributed by atoms with Gasteiger partial charge in [-0.25, -0.2) is 0 Å². The molecule has 5 heterocycles. The largest absolute Gasteiger partial charge is 0.481 e. The van der Waals surface area contributed by atoms with Gasteiger partial charge in [-0.05, 0) is 63.9 Å². The van der Waals surface area contributed by atoms with Crippen LogP contribution in [-0.2, 0) is 33.3 Å². The molecule has 5 fully saturated rings. The van der Waals surface area contributed by atoms with Gasteiger partial charge in [-0.1, -0.05) is 61.5 Å². The average Bonchev–Trinajstić information content (AvgIpc) is 3.57. The third-order valence-electron chi connectivity index (χ3n) is 13.6. The fourth-order valence-electron chi connectivity index (χ4n) is 10.1. The van der Waals surface area contributed by atoms with E-state index < -0.39 is 59.6 Å². The number of carbonyl (C=O) groups is 2. The van der Waals surface area contributed by atoms with E-state index in [0.29, 0.717) is 31.3 Å². The van der Waals surface area contributed by atoms with Gasteiger partial charge in [0.25, 0.3) is 0 Å². The first-order chi connectivity index (χ1) is 23.7. The van der Waals surface area contributed by atoms with Gasteiger partial charge >= 0.3 is 5.97 Å². The van der Waals surface area contributed by atoms with Crippen LogP contribution in [0.2, 0.25) is 0 Å². The van der Waals surface area contributed by atoms with Crippen molar-refractivity contribution in [1.29, 1.82) is 0 Å². The van der Waals surface area contributed by atoms with Crippen LogP contribution >= 0.6 is 0 Å². The second kappa shape index (κ2) is 15.0. The number of Topliss-reactive ketones (excluding diaryl/α,β-unsaturated/α-hetero) is 1. The quantitative estimate of drug-likeness (QED) is 0.207. The first-order valence-electron chi connectivity index (χ1n) is 19.6. The van der Waals surface area contributed by atoms with Crippen molar-refractivity contribution in [1.82, 2.24) is 0 Å². The van der Waals surface area contributed by atoms with Gasteiger partial charge in [0.1, 0.15) is 0 Å². The summed E-state index contributed by atoms with van der Waals surface area (Å²) in [6.07, 6.45) is 4.87. The molecule has 5 aliphatic rings. The molecule has 5 rings (SSSR count). The van der Waals surface area contributed by atoms with E-state index in [1.54, 1.807) is 20.8 Å². The topological polar surface area (TPSA) is 161 Å². The van der Waals surface area contributed by atoms with Crippen LogP contribution in [0, 0.1) is 47.3 Å². The molecule has 5 saturated heterocycles. The summed E-state index contributed by atoms with van der Waals surface area (Å²) in [4.78, 5) is 24.5. The van der Waals surface area contributed by atoms with Gasteiger partial charge in [0.2, 0.25) is 0 Å². The minimum atomic E-state index is -1.60. The molecule has 0 bridgehead atoms. The summed E-state index contributed by atoms with van der Waals surface area (Å²) < 4.78 is 34.0. The number of carboxylic acid groups (broad SMARTS) is 1. The van der Waals surface area contributed by atoms with Crippen molar-refractivity contribution in [2.24, 2.45) is 47.3 Å². The van der Waals surface area contributed by atoms with Crippen LogP contribution in [0.3, 0.4) is 0 Å². The highest BCUT2D eigenvalue weighted by molar-refractivity contribution is 5.96. The number of aliphatic carboxylic acids is 1. The lowest BCUT2D eigenvalue weighted by atomic mass is 9.78. The van der Waals surface area contributed by atoms with Gasteiger partial charge in [0.05, 0.1) is 48.6 Å². The molecule has 11 heteroatoms. The van der Waals surface area contributed by atoms with E-state index in [2.05, 4.69) is 27.7 Å².